The largest absolute Gasteiger partial charge is 0.412 e. The molecular formula is C13H17F3N4. The minimum Gasteiger partial charge on any atom is -0.401 e. The van der Waals surface area contributed by atoms with E-state index >= 15 is 0 Å². The van der Waals surface area contributed by atoms with Gasteiger partial charge in [-0.2, -0.15) is 13.2 Å². The normalized spacial score (nSPS) is 26.8. The lowest BCUT2D eigenvalue weighted by Crippen LogP contribution is -2.32. The van der Waals surface area contributed by atoms with Crippen LogP contribution in [0.25, 0.3) is 0 Å². The Kier molecular flexibility index (Phi) is 3.56. The number of hydrogen-bond donors (Lipinski definition) is 4. The third-order valence-electron chi connectivity index (χ3n) is 3.65. The molecule has 6 N–H and O–H groups in total. The zero-order valence-corrected chi connectivity index (χ0v) is 11.2. The number of nitrogens with two attached hydrogens (primary N) is 2. The van der Waals surface area contributed by atoms with E-state index in [2.05, 4.69) is 10.7 Å². The van der Waals surface area contributed by atoms with Crippen LogP contribution in [0.15, 0.2) is 46.6 Å². The van der Waals surface area contributed by atoms with Crippen molar-refractivity contribution in [3.8, 4) is 0 Å². The van der Waals surface area contributed by atoms with Crippen molar-refractivity contribution in [1.82, 2.24) is 10.7 Å². The predicted octanol–water partition coefficient (Wildman–Crippen LogP) is 1.77. The minimum atomic E-state index is -4.34. The van der Waals surface area contributed by atoms with Crippen molar-refractivity contribution in [2.75, 3.05) is 0 Å². The fourth-order valence-corrected chi connectivity index (χ4v) is 2.71. The van der Waals surface area contributed by atoms with E-state index < -0.39 is 23.6 Å². The lowest BCUT2D eigenvalue weighted by molar-refractivity contribution is -0.0998. The summed E-state index contributed by atoms with van der Waals surface area (Å²) in [6, 6.07) is 0. The molecule has 2 aliphatic rings. The highest BCUT2D eigenvalue weighted by Gasteiger charge is 2.44. The summed E-state index contributed by atoms with van der Waals surface area (Å²) >= 11 is 0. The second-order valence-corrected chi connectivity index (χ2v) is 4.95. The van der Waals surface area contributed by atoms with Crippen molar-refractivity contribution >= 4 is 0 Å². The maximum Gasteiger partial charge on any atom is 0.412 e. The van der Waals surface area contributed by atoms with Gasteiger partial charge in [-0.05, 0) is 18.9 Å². The maximum absolute atomic E-state index is 13.0. The van der Waals surface area contributed by atoms with Gasteiger partial charge in [0.15, 0.2) is 0 Å². The molecule has 0 amide bonds. The van der Waals surface area contributed by atoms with E-state index in [1.165, 1.54) is 6.08 Å². The van der Waals surface area contributed by atoms with Crippen molar-refractivity contribution < 1.29 is 13.2 Å². The molecule has 0 saturated carbocycles. The Morgan fingerprint density at radius 3 is 2.50 bits per heavy atom. The standard InChI is InChI=1S/C13H17F3N4/c1-6-9(13(14,15)16)3-4-10-11(6)8(5-19-10)12(20-18)7(2)17/h3-6,11,19-20H,17-18H2,1-2H3/b12-7-. The summed E-state index contributed by atoms with van der Waals surface area (Å²) < 4.78 is 39.0. The number of alkyl halides is 3. The second-order valence-electron chi connectivity index (χ2n) is 4.95. The highest BCUT2D eigenvalue weighted by Crippen LogP contribution is 2.45. The number of rotatable bonds is 2. The predicted molar refractivity (Wildman–Crippen MR) is 70.3 cm³/mol. The smallest absolute Gasteiger partial charge is 0.401 e. The minimum absolute atomic E-state index is 0.428. The van der Waals surface area contributed by atoms with E-state index in [9.17, 15) is 13.2 Å². The molecule has 1 heterocycles. The molecule has 20 heavy (non-hydrogen) atoms. The molecule has 0 spiro atoms. The third kappa shape index (κ3) is 2.29. The number of nitrogens with one attached hydrogen (secondary N) is 2. The van der Waals surface area contributed by atoms with Gasteiger partial charge in [-0.3, -0.25) is 5.84 Å². The van der Waals surface area contributed by atoms with Gasteiger partial charge in [0.05, 0.1) is 5.70 Å². The van der Waals surface area contributed by atoms with Crippen LogP contribution in [0.2, 0.25) is 0 Å². The van der Waals surface area contributed by atoms with Crippen molar-refractivity contribution in [2.45, 2.75) is 20.0 Å². The van der Waals surface area contributed by atoms with Gasteiger partial charge in [0.25, 0.3) is 0 Å². The molecule has 2 rings (SSSR count). The van der Waals surface area contributed by atoms with Crippen LogP contribution in [0.4, 0.5) is 13.2 Å². The quantitative estimate of drug-likeness (QED) is 0.461. The van der Waals surface area contributed by atoms with E-state index in [-0.39, 0.29) is 0 Å². The van der Waals surface area contributed by atoms with Gasteiger partial charge in [0, 0.05) is 34.7 Å². The van der Waals surface area contributed by atoms with E-state index in [0.717, 1.165) is 11.8 Å². The molecule has 2 unspecified atom stereocenters. The summed E-state index contributed by atoms with van der Waals surface area (Å²) in [5.74, 6) is 4.29. The first kappa shape index (κ1) is 14.5. The first-order valence-corrected chi connectivity index (χ1v) is 6.16. The molecule has 0 aromatic heterocycles. The summed E-state index contributed by atoms with van der Waals surface area (Å²) in [7, 11) is 0. The Balaban J connectivity index is 2.41. The van der Waals surface area contributed by atoms with E-state index in [1.807, 2.05) is 0 Å². The summed E-state index contributed by atoms with van der Waals surface area (Å²) in [5, 5.41) is 2.98. The van der Waals surface area contributed by atoms with Crippen molar-refractivity contribution in [2.24, 2.45) is 23.4 Å². The van der Waals surface area contributed by atoms with Gasteiger partial charge in [-0.1, -0.05) is 13.0 Å². The van der Waals surface area contributed by atoms with Crippen LogP contribution >= 0.6 is 0 Å². The van der Waals surface area contributed by atoms with Crippen molar-refractivity contribution in [3.05, 3.63) is 46.6 Å². The molecule has 1 aliphatic heterocycles. The van der Waals surface area contributed by atoms with Gasteiger partial charge >= 0.3 is 6.18 Å². The fraction of sp³-hybridized carbons (Fsp3) is 0.385. The van der Waals surface area contributed by atoms with Gasteiger partial charge in [0.2, 0.25) is 0 Å². The van der Waals surface area contributed by atoms with Crippen LogP contribution in [-0.2, 0) is 0 Å². The lowest BCUT2D eigenvalue weighted by atomic mass is 9.77. The van der Waals surface area contributed by atoms with Crippen LogP contribution in [0.1, 0.15) is 13.8 Å². The third-order valence-corrected chi connectivity index (χ3v) is 3.65. The highest BCUT2D eigenvalue weighted by molar-refractivity contribution is 5.48. The molecular weight excluding hydrogens is 269 g/mol. The second kappa shape index (κ2) is 4.90. The fourth-order valence-electron chi connectivity index (χ4n) is 2.71. The molecule has 0 aromatic rings. The highest BCUT2D eigenvalue weighted by atomic mass is 19.4. The number of allylic oxidation sites excluding steroid dienone is 6. The van der Waals surface area contributed by atoms with Crippen LogP contribution in [0.3, 0.4) is 0 Å². The molecule has 0 bridgehead atoms. The maximum atomic E-state index is 13.0. The molecule has 1 aliphatic carbocycles. The van der Waals surface area contributed by atoms with Gasteiger partial charge < -0.3 is 16.5 Å². The SMILES string of the molecule is C/C(N)=C(/NN)C1=CNC2=CC=C(C(F)(F)F)C(C)C21. The van der Waals surface area contributed by atoms with Crippen LogP contribution in [0, 0.1) is 11.8 Å². The number of fused-ring (bicyclic) bond motifs is 1. The summed E-state index contributed by atoms with van der Waals surface area (Å²) in [6.45, 7) is 3.20. The summed E-state index contributed by atoms with van der Waals surface area (Å²) in [5.41, 5.74) is 9.89. The molecule has 110 valence electrons. The zero-order valence-electron chi connectivity index (χ0n) is 11.2. The van der Waals surface area contributed by atoms with Crippen molar-refractivity contribution in [3.63, 3.8) is 0 Å². The number of halogens is 3. The first-order chi connectivity index (χ1) is 9.27. The molecule has 4 nitrogen and oxygen atoms in total. The monoisotopic (exact) mass is 286 g/mol. The Labute approximate surface area is 115 Å². The van der Waals surface area contributed by atoms with Crippen LogP contribution < -0.4 is 22.3 Å². The van der Waals surface area contributed by atoms with E-state index in [0.29, 0.717) is 17.0 Å². The first-order valence-electron chi connectivity index (χ1n) is 6.16. The average molecular weight is 286 g/mol. The summed E-state index contributed by atoms with van der Waals surface area (Å²) in [4.78, 5) is 0. The Morgan fingerprint density at radius 1 is 1.35 bits per heavy atom. The van der Waals surface area contributed by atoms with Gasteiger partial charge in [-0.25, -0.2) is 0 Å². The van der Waals surface area contributed by atoms with Gasteiger partial charge in [-0.15, -0.1) is 0 Å². The Morgan fingerprint density at radius 2 is 2.00 bits per heavy atom. The van der Waals surface area contributed by atoms with Crippen LogP contribution in [-0.4, -0.2) is 6.18 Å². The Hall–Kier alpha value is -1.89. The zero-order chi connectivity index (χ0) is 15.1. The molecule has 0 saturated heterocycles. The molecule has 0 radical (unpaired) electrons. The van der Waals surface area contributed by atoms with E-state index in [1.54, 1.807) is 20.0 Å². The number of hydrazine groups is 1. The van der Waals surface area contributed by atoms with E-state index in [4.69, 9.17) is 11.6 Å². The number of hydrogen-bond acceptors (Lipinski definition) is 4. The molecule has 7 heteroatoms. The van der Waals surface area contributed by atoms with Crippen LogP contribution in [0.5, 0.6) is 0 Å². The lowest BCUT2D eigenvalue weighted by Gasteiger charge is -2.30. The van der Waals surface area contributed by atoms with Gasteiger partial charge in [0.1, 0.15) is 0 Å². The average Bonchev–Trinajstić information content (AvgIpc) is 2.73. The Bertz CT molecular complexity index is 536. The summed E-state index contributed by atoms with van der Waals surface area (Å²) in [6.07, 6.45) is -0.121. The molecule has 0 aromatic carbocycles. The molecule has 0 fully saturated rings. The topological polar surface area (TPSA) is 76.1 Å². The van der Waals surface area contributed by atoms with Crippen molar-refractivity contribution in [1.29, 1.82) is 0 Å². The molecule has 2 atom stereocenters.